The van der Waals surface area contributed by atoms with Crippen LogP contribution in [-0.2, 0) is 10.3 Å². The number of rotatable bonds is 1. The number of oxazole rings is 1. The highest BCUT2D eigenvalue weighted by Gasteiger charge is 2.44. The van der Waals surface area contributed by atoms with Crippen molar-refractivity contribution < 1.29 is 23.1 Å². The Bertz CT molecular complexity index is 855. The van der Waals surface area contributed by atoms with Crippen LogP contribution in [0.3, 0.4) is 0 Å². The van der Waals surface area contributed by atoms with Crippen LogP contribution < -0.4 is 10.6 Å². The lowest BCUT2D eigenvalue weighted by Crippen LogP contribution is -2.53. The number of aromatic nitrogens is 1. The standard InChI is InChI=1S/C16H16FN3O4/c1-23-14(21)13-18-9-7-8(17)11-10(12(9)24-13)16(20-15(22)19-11)5-3-2-4-6-16/h7H,2-6H2,1H3,(H2,19,20,22). The second kappa shape index (κ2) is 5.19. The number of hydrogen-bond donors (Lipinski definition) is 2. The second-order valence-electron chi connectivity index (χ2n) is 6.19. The fourth-order valence-electron chi connectivity index (χ4n) is 3.74. The number of halogens is 1. The zero-order chi connectivity index (χ0) is 16.9. The van der Waals surface area contributed by atoms with E-state index in [1.165, 1.54) is 7.11 Å². The van der Waals surface area contributed by atoms with E-state index in [9.17, 15) is 14.0 Å². The molecule has 1 saturated carbocycles. The predicted molar refractivity (Wildman–Crippen MR) is 82.2 cm³/mol. The van der Waals surface area contributed by atoms with Gasteiger partial charge in [-0.2, -0.15) is 0 Å². The number of hydrogen-bond acceptors (Lipinski definition) is 5. The first-order valence-corrected chi connectivity index (χ1v) is 7.85. The maximum atomic E-state index is 14.6. The maximum absolute atomic E-state index is 14.6. The number of esters is 1. The van der Waals surface area contributed by atoms with Crippen molar-refractivity contribution in [2.24, 2.45) is 0 Å². The van der Waals surface area contributed by atoms with Gasteiger partial charge in [0.2, 0.25) is 0 Å². The summed E-state index contributed by atoms with van der Waals surface area (Å²) in [5, 5.41) is 5.45. The number of methoxy groups -OCH3 is 1. The molecule has 1 aromatic carbocycles. The highest BCUT2D eigenvalue weighted by atomic mass is 19.1. The van der Waals surface area contributed by atoms with Crippen molar-refractivity contribution >= 4 is 28.8 Å². The van der Waals surface area contributed by atoms with Gasteiger partial charge in [-0.3, -0.25) is 0 Å². The summed E-state index contributed by atoms with van der Waals surface area (Å²) in [5.41, 5.74) is 0.458. The highest BCUT2D eigenvalue weighted by molar-refractivity contribution is 5.99. The maximum Gasteiger partial charge on any atom is 0.394 e. The fraction of sp³-hybridized carbons (Fsp3) is 0.438. The number of anilines is 1. The van der Waals surface area contributed by atoms with E-state index >= 15 is 0 Å². The molecule has 7 nitrogen and oxygen atoms in total. The minimum Gasteiger partial charge on any atom is -0.462 e. The van der Waals surface area contributed by atoms with Gasteiger partial charge in [-0.25, -0.2) is 19.0 Å². The van der Waals surface area contributed by atoms with Crippen molar-refractivity contribution in [3.05, 3.63) is 23.3 Å². The van der Waals surface area contributed by atoms with Crippen molar-refractivity contribution in [3.63, 3.8) is 0 Å². The van der Waals surface area contributed by atoms with E-state index in [4.69, 9.17) is 4.42 Å². The summed E-state index contributed by atoms with van der Waals surface area (Å²) in [7, 11) is 1.22. The fourth-order valence-corrected chi connectivity index (χ4v) is 3.74. The van der Waals surface area contributed by atoms with Crippen molar-refractivity contribution in [1.29, 1.82) is 0 Å². The summed E-state index contributed by atoms with van der Waals surface area (Å²) < 4.78 is 24.8. The Morgan fingerprint density at radius 3 is 2.83 bits per heavy atom. The predicted octanol–water partition coefficient (Wildman–Crippen LogP) is 3.05. The van der Waals surface area contributed by atoms with Crippen LogP contribution in [0.25, 0.3) is 11.1 Å². The van der Waals surface area contributed by atoms with Crippen molar-refractivity contribution in [3.8, 4) is 0 Å². The first kappa shape index (κ1) is 14.9. The third-order valence-electron chi connectivity index (χ3n) is 4.77. The molecule has 126 valence electrons. The lowest BCUT2D eigenvalue weighted by Gasteiger charge is -2.42. The molecule has 2 amide bonds. The van der Waals surface area contributed by atoms with Gasteiger partial charge in [0.05, 0.1) is 18.3 Å². The molecular formula is C16H16FN3O4. The van der Waals surface area contributed by atoms with E-state index in [0.717, 1.165) is 25.3 Å². The average molecular weight is 333 g/mol. The summed E-state index contributed by atoms with van der Waals surface area (Å²) in [4.78, 5) is 27.8. The zero-order valence-corrected chi connectivity index (χ0v) is 13.1. The Kier molecular flexibility index (Phi) is 3.22. The number of ether oxygens (including phenoxy) is 1. The minimum atomic E-state index is -0.731. The molecule has 2 aromatic rings. The summed E-state index contributed by atoms with van der Waals surface area (Å²) in [6, 6.07) is 0.724. The van der Waals surface area contributed by atoms with E-state index in [0.29, 0.717) is 24.0 Å². The van der Waals surface area contributed by atoms with Gasteiger partial charge in [0.25, 0.3) is 0 Å². The number of nitrogens with zero attached hydrogens (tertiary/aromatic N) is 1. The third-order valence-corrected chi connectivity index (χ3v) is 4.77. The SMILES string of the molecule is COC(=O)c1nc2cc(F)c3c(c2o1)C1(CCCCC1)NC(=O)N3. The minimum absolute atomic E-state index is 0.0979. The van der Waals surface area contributed by atoms with Gasteiger partial charge >= 0.3 is 17.9 Å². The molecule has 1 aliphatic carbocycles. The van der Waals surface area contributed by atoms with Crippen LogP contribution in [0.2, 0.25) is 0 Å². The van der Waals surface area contributed by atoms with Gasteiger partial charge in [-0.05, 0) is 12.8 Å². The lowest BCUT2D eigenvalue weighted by molar-refractivity contribution is 0.0558. The number of nitrogens with one attached hydrogen (secondary N) is 2. The van der Waals surface area contributed by atoms with E-state index in [1.807, 2.05) is 0 Å². The van der Waals surface area contributed by atoms with Crippen LogP contribution in [-0.4, -0.2) is 24.1 Å². The molecule has 1 spiro atoms. The summed E-state index contributed by atoms with van der Waals surface area (Å²) in [6.45, 7) is 0. The number of amides is 2. The smallest absolute Gasteiger partial charge is 0.394 e. The third kappa shape index (κ3) is 2.05. The molecule has 8 heteroatoms. The molecule has 1 aromatic heterocycles. The molecule has 2 heterocycles. The van der Waals surface area contributed by atoms with Crippen LogP contribution in [0.15, 0.2) is 10.5 Å². The van der Waals surface area contributed by atoms with E-state index in [-0.39, 0.29) is 17.1 Å². The van der Waals surface area contributed by atoms with Crippen LogP contribution >= 0.6 is 0 Å². The molecule has 1 aliphatic heterocycles. The van der Waals surface area contributed by atoms with Gasteiger partial charge in [-0.1, -0.05) is 19.3 Å². The van der Waals surface area contributed by atoms with Gasteiger partial charge in [0.15, 0.2) is 5.58 Å². The topological polar surface area (TPSA) is 93.5 Å². The van der Waals surface area contributed by atoms with E-state index in [2.05, 4.69) is 20.4 Å². The largest absolute Gasteiger partial charge is 0.462 e. The molecular weight excluding hydrogens is 317 g/mol. The summed E-state index contributed by atoms with van der Waals surface area (Å²) in [6.07, 6.45) is 4.24. The number of fused-ring (bicyclic) bond motifs is 4. The molecule has 2 N–H and O–H groups in total. The molecule has 0 unspecified atom stereocenters. The number of benzene rings is 1. The number of carbonyl (C=O) groups excluding carboxylic acids is 2. The zero-order valence-electron chi connectivity index (χ0n) is 13.1. The molecule has 0 atom stereocenters. The van der Waals surface area contributed by atoms with E-state index < -0.39 is 23.4 Å². The highest BCUT2D eigenvalue weighted by Crippen LogP contribution is 2.46. The van der Waals surface area contributed by atoms with Gasteiger partial charge in [-0.15, -0.1) is 0 Å². The van der Waals surface area contributed by atoms with Crippen LogP contribution in [0, 0.1) is 5.82 Å². The van der Waals surface area contributed by atoms with Crippen molar-refractivity contribution in [2.75, 3.05) is 12.4 Å². The molecule has 24 heavy (non-hydrogen) atoms. The van der Waals surface area contributed by atoms with Crippen LogP contribution in [0.5, 0.6) is 0 Å². The Morgan fingerprint density at radius 1 is 1.38 bits per heavy atom. The molecule has 2 aliphatic rings. The monoisotopic (exact) mass is 333 g/mol. The second-order valence-corrected chi connectivity index (χ2v) is 6.19. The molecule has 0 radical (unpaired) electrons. The Labute approximate surface area is 136 Å². The van der Waals surface area contributed by atoms with Gasteiger partial charge in [0.1, 0.15) is 11.3 Å². The molecule has 4 rings (SSSR count). The number of carbonyl (C=O) groups is 2. The molecule has 1 fully saturated rings. The van der Waals surface area contributed by atoms with Crippen molar-refractivity contribution in [2.45, 2.75) is 37.6 Å². The normalized spacial score (nSPS) is 18.8. The van der Waals surface area contributed by atoms with Crippen LogP contribution in [0.1, 0.15) is 48.4 Å². The first-order chi connectivity index (χ1) is 11.5. The van der Waals surface area contributed by atoms with Crippen molar-refractivity contribution in [1.82, 2.24) is 10.3 Å². The van der Waals surface area contributed by atoms with Gasteiger partial charge in [0, 0.05) is 11.6 Å². The summed E-state index contributed by atoms with van der Waals surface area (Å²) in [5.74, 6) is -1.56. The van der Waals surface area contributed by atoms with Crippen LogP contribution in [0.4, 0.5) is 14.9 Å². The number of urea groups is 1. The summed E-state index contributed by atoms with van der Waals surface area (Å²) >= 11 is 0. The molecule has 0 bridgehead atoms. The Balaban J connectivity index is 2.00. The molecule has 0 saturated heterocycles. The first-order valence-electron chi connectivity index (χ1n) is 7.85. The Morgan fingerprint density at radius 2 is 2.12 bits per heavy atom. The van der Waals surface area contributed by atoms with E-state index in [1.54, 1.807) is 0 Å². The Hall–Kier alpha value is -2.64. The van der Waals surface area contributed by atoms with Gasteiger partial charge < -0.3 is 19.8 Å². The quantitative estimate of drug-likeness (QED) is 0.782. The lowest BCUT2D eigenvalue weighted by atomic mass is 9.74. The average Bonchev–Trinajstić information content (AvgIpc) is 2.98.